The minimum absolute atomic E-state index is 0.210. The molecule has 0 spiro atoms. The lowest BCUT2D eigenvalue weighted by Crippen LogP contribution is -2.22. The van der Waals surface area contributed by atoms with Gasteiger partial charge < -0.3 is 14.8 Å². The van der Waals surface area contributed by atoms with Gasteiger partial charge in [-0.05, 0) is 31.8 Å². The Balaban J connectivity index is 1.97. The molecule has 0 bridgehead atoms. The molecule has 0 aliphatic rings. The number of likely N-dealkylation sites (N-methyl/N-ethyl adjacent to an activating group) is 1. The lowest BCUT2D eigenvalue weighted by molar-refractivity contribution is 0.424. The molecule has 0 amide bonds. The van der Waals surface area contributed by atoms with Gasteiger partial charge in [0.15, 0.2) is 0 Å². The SMILES string of the molecule is CN(C)CCNc1nccn1Cc1ccc(F)cc1. The predicted molar refractivity (Wildman–Crippen MR) is 74.8 cm³/mol. The highest BCUT2D eigenvalue weighted by atomic mass is 19.1. The Bertz CT molecular complexity index is 504. The number of halogens is 1. The molecule has 0 fully saturated rings. The predicted octanol–water partition coefficient (Wildman–Crippen LogP) is 2.04. The van der Waals surface area contributed by atoms with E-state index in [2.05, 4.69) is 15.2 Å². The summed E-state index contributed by atoms with van der Waals surface area (Å²) in [5.74, 6) is 0.630. The van der Waals surface area contributed by atoms with Gasteiger partial charge in [0.1, 0.15) is 5.82 Å². The zero-order valence-corrected chi connectivity index (χ0v) is 11.3. The van der Waals surface area contributed by atoms with E-state index in [0.717, 1.165) is 24.6 Å². The molecule has 0 radical (unpaired) electrons. The van der Waals surface area contributed by atoms with Gasteiger partial charge in [0, 0.05) is 25.5 Å². The minimum atomic E-state index is -0.210. The van der Waals surface area contributed by atoms with E-state index >= 15 is 0 Å². The number of imidazole rings is 1. The Kier molecular flexibility index (Phi) is 4.52. The summed E-state index contributed by atoms with van der Waals surface area (Å²) in [5.41, 5.74) is 1.05. The topological polar surface area (TPSA) is 33.1 Å². The molecule has 19 heavy (non-hydrogen) atoms. The number of nitrogens with zero attached hydrogens (tertiary/aromatic N) is 3. The Hall–Kier alpha value is -1.88. The Morgan fingerprint density at radius 3 is 2.68 bits per heavy atom. The van der Waals surface area contributed by atoms with Crippen molar-refractivity contribution in [3.05, 3.63) is 48.0 Å². The molecule has 4 nitrogen and oxygen atoms in total. The van der Waals surface area contributed by atoms with E-state index in [1.807, 2.05) is 24.9 Å². The molecule has 0 saturated heterocycles. The third-order valence-corrected chi connectivity index (χ3v) is 2.82. The standard InChI is InChI=1S/C14H19FN4/c1-18(2)9-7-16-14-17-8-10-19(14)11-12-3-5-13(15)6-4-12/h3-6,8,10H,7,9,11H2,1-2H3,(H,16,17). The summed E-state index contributed by atoms with van der Waals surface area (Å²) in [6, 6.07) is 6.54. The van der Waals surface area contributed by atoms with Crippen molar-refractivity contribution in [1.29, 1.82) is 0 Å². The minimum Gasteiger partial charge on any atom is -0.354 e. The average molecular weight is 262 g/mol. The second-order valence-electron chi connectivity index (χ2n) is 4.74. The summed E-state index contributed by atoms with van der Waals surface area (Å²) in [6.07, 6.45) is 3.68. The zero-order chi connectivity index (χ0) is 13.7. The lowest BCUT2D eigenvalue weighted by atomic mass is 10.2. The number of hydrogen-bond acceptors (Lipinski definition) is 3. The van der Waals surface area contributed by atoms with Crippen LogP contribution in [0.2, 0.25) is 0 Å². The average Bonchev–Trinajstić information content (AvgIpc) is 2.79. The Labute approximate surface area is 112 Å². The number of benzene rings is 1. The van der Waals surface area contributed by atoms with Crippen molar-refractivity contribution in [3.8, 4) is 0 Å². The molecular formula is C14H19FN4. The monoisotopic (exact) mass is 262 g/mol. The number of rotatable bonds is 6. The van der Waals surface area contributed by atoms with Gasteiger partial charge >= 0.3 is 0 Å². The summed E-state index contributed by atoms with van der Waals surface area (Å²) in [4.78, 5) is 6.40. The normalized spacial score (nSPS) is 10.9. The van der Waals surface area contributed by atoms with Crippen LogP contribution in [0.5, 0.6) is 0 Å². The van der Waals surface area contributed by atoms with Crippen molar-refractivity contribution in [2.75, 3.05) is 32.5 Å². The molecule has 1 N–H and O–H groups in total. The van der Waals surface area contributed by atoms with Gasteiger partial charge in [-0.2, -0.15) is 0 Å². The van der Waals surface area contributed by atoms with Crippen molar-refractivity contribution in [2.45, 2.75) is 6.54 Å². The number of aromatic nitrogens is 2. The van der Waals surface area contributed by atoms with E-state index in [9.17, 15) is 4.39 Å². The van der Waals surface area contributed by atoms with Crippen molar-refractivity contribution < 1.29 is 4.39 Å². The van der Waals surface area contributed by atoms with Crippen molar-refractivity contribution in [3.63, 3.8) is 0 Å². The van der Waals surface area contributed by atoms with Crippen LogP contribution in [0.25, 0.3) is 0 Å². The summed E-state index contributed by atoms with van der Waals surface area (Å²) in [5, 5.41) is 3.29. The molecular weight excluding hydrogens is 243 g/mol. The molecule has 1 aromatic heterocycles. The molecule has 0 aliphatic carbocycles. The third kappa shape index (κ3) is 4.06. The van der Waals surface area contributed by atoms with Crippen LogP contribution in [0.1, 0.15) is 5.56 Å². The highest BCUT2D eigenvalue weighted by molar-refractivity contribution is 5.28. The summed E-state index contributed by atoms with van der Waals surface area (Å²) >= 11 is 0. The molecule has 0 aliphatic heterocycles. The first-order valence-electron chi connectivity index (χ1n) is 6.29. The van der Waals surface area contributed by atoms with Crippen LogP contribution >= 0.6 is 0 Å². The van der Waals surface area contributed by atoms with Crippen molar-refractivity contribution in [2.24, 2.45) is 0 Å². The molecule has 0 unspecified atom stereocenters. The fourth-order valence-electron chi connectivity index (χ4n) is 1.78. The maximum atomic E-state index is 12.9. The Morgan fingerprint density at radius 2 is 2.00 bits per heavy atom. The molecule has 1 heterocycles. The lowest BCUT2D eigenvalue weighted by Gasteiger charge is -2.12. The van der Waals surface area contributed by atoms with E-state index in [1.54, 1.807) is 18.3 Å². The number of nitrogens with one attached hydrogen (secondary N) is 1. The fourth-order valence-corrected chi connectivity index (χ4v) is 1.78. The molecule has 0 saturated carbocycles. The number of anilines is 1. The first-order valence-corrected chi connectivity index (χ1v) is 6.29. The van der Waals surface area contributed by atoms with Gasteiger partial charge in [-0.25, -0.2) is 9.37 Å². The van der Waals surface area contributed by atoms with Gasteiger partial charge in [0.2, 0.25) is 5.95 Å². The smallest absolute Gasteiger partial charge is 0.203 e. The molecule has 102 valence electrons. The largest absolute Gasteiger partial charge is 0.354 e. The zero-order valence-electron chi connectivity index (χ0n) is 11.3. The molecule has 2 rings (SSSR count). The highest BCUT2D eigenvalue weighted by Gasteiger charge is 2.03. The third-order valence-electron chi connectivity index (χ3n) is 2.82. The highest BCUT2D eigenvalue weighted by Crippen LogP contribution is 2.10. The van der Waals surface area contributed by atoms with E-state index in [1.165, 1.54) is 12.1 Å². The van der Waals surface area contributed by atoms with Crippen LogP contribution in [-0.4, -0.2) is 41.6 Å². The van der Waals surface area contributed by atoms with E-state index < -0.39 is 0 Å². The van der Waals surface area contributed by atoms with Crippen molar-refractivity contribution >= 4 is 5.95 Å². The van der Waals surface area contributed by atoms with Crippen LogP contribution in [0.15, 0.2) is 36.7 Å². The van der Waals surface area contributed by atoms with Crippen LogP contribution in [-0.2, 0) is 6.54 Å². The van der Waals surface area contributed by atoms with Crippen LogP contribution in [0.3, 0.4) is 0 Å². The van der Waals surface area contributed by atoms with E-state index in [-0.39, 0.29) is 5.82 Å². The summed E-state index contributed by atoms with van der Waals surface area (Å²) in [7, 11) is 4.07. The molecule has 1 aromatic carbocycles. The van der Waals surface area contributed by atoms with Crippen LogP contribution < -0.4 is 5.32 Å². The Morgan fingerprint density at radius 1 is 1.26 bits per heavy atom. The first kappa shape index (κ1) is 13.5. The second kappa shape index (κ2) is 6.33. The van der Waals surface area contributed by atoms with E-state index in [0.29, 0.717) is 6.54 Å². The summed E-state index contributed by atoms with van der Waals surface area (Å²) < 4.78 is 14.9. The quantitative estimate of drug-likeness (QED) is 0.865. The number of hydrogen-bond donors (Lipinski definition) is 1. The molecule has 5 heteroatoms. The fraction of sp³-hybridized carbons (Fsp3) is 0.357. The first-order chi connectivity index (χ1) is 9.15. The van der Waals surface area contributed by atoms with Crippen LogP contribution in [0.4, 0.5) is 10.3 Å². The molecule has 2 aromatic rings. The second-order valence-corrected chi connectivity index (χ2v) is 4.74. The van der Waals surface area contributed by atoms with Gasteiger partial charge in [-0.1, -0.05) is 12.1 Å². The van der Waals surface area contributed by atoms with Gasteiger partial charge in [0.05, 0.1) is 6.54 Å². The maximum Gasteiger partial charge on any atom is 0.203 e. The maximum absolute atomic E-state index is 12.9. The summed E-state index contributed by atoms with van der Waals surface area (Å²) in [6.45, 7) is 2.47. The molecule has 0 atom stereocenters. The van der Waals surface area contributed by atoms with Gasteiger partial charge in [-0.3, -0.25) is 0 Å². The van der Waals surface area contributed by atoms with Crippen molar-refractivity contribution in [1.82, 2.24) is 14.5 Å². The van der Waals surface area contributed by atoms with Gasteiger partial charge in [0.25, 0.3) is 0 Å². The van der Waals surface area contributed by atoms with Crippen LogP contribution in [0, 0.1) is 5.82 Å². The van der Waals surface area contributed by atoms with E-state index in [4.69, 9.17) is 0 Å². The van der Waals surface area contributed by atoms with Gasteiger partial charge in [-0.15, -0.1) is 0 Å².